The molecule has 0 N–H and O–H groups in total. The topological polar surface area (TPSA) is 60.5 Å². The molecule has 7 heteroatoms. The van der Waals surface area contributed by atoms with E-state index in [2.05, 4.69) is 32.7 Å². The summed E-state index contributed by atoms with van der Waals surface area (Å²) in [6.45, 7) is 9.12. The number of methoxy groups -OCH3 is 1. The molecule has 7 nitrogen and oxygen atoms in total. The standard InChI is InChI=1S/C19H26N6O/c1-14-10-15(2)25-19(22-14)17(11-21-25)18-20-5-7-24(18)13-16-4-6-23(12-16)8-9-26-3/h5,7,10-11,16H,4,6,8-9,12-13H2,1-3H3. The highest BCUT2D eigenvalue weighted by atomic mass is 16.5. The number of nitrogens with zero attached hydrogens (tertiary/aromatic N) is 6. The Hall–Kier alpha value is -2.25. The van der Waals surface area contributed by atoms with Crippen LogP contribution in [0.15, 0.2) is 24.7 Å². The van der Waals surface area contributed by atoms with Crippen LogP contribution in [0.3, 0.4) is 0 Å². The molecular weight excluding hydrogens is 328 g/mol. The lowest BCUT2D eigenvalue weighted by molar-refractivity contribution is 0.158. The first-order valence-corrected chi connectivity index (χ1v) is 9.20. The van der Waals surface area contributed by atoms with Crippen LogP contribution in [0.2, 0.25) is 0 Å². The molecule has 3 aromatic heterocycles. The van der Waals surface area contributed by atoms with Crippen LogP contribution in [-0.4, -0.2) is 62.4 Å². The molecule has 138 valence electrons. The summed E-state index contributed by atoms with van der Waals surface area (Å²) in [7, 11) is 1.76. The van der Waals surface area contributed by atoms with E-state index in [0.29, 0.717) is 5.92 Å². The van der Waals surface area contributed by atoms with Crippen molar-refractivity contribution in [2.24, 2.45) is 5.92 Å². The van der Waals surface area contributed by atoms with Crippen LogP contribution >= 0.6 is 0 Å². The number of ether oxygens (including phenoxy) is 1. The Morgan fingerprint density at radius 2 is 2.19 bits per heavy atom. The summed E-state index contributed by atoms with van der Waals surface area (Å²) < 4.78 is 9.34. The van der Waals surface area contributed by atoms with Gasteiger partial charge in [-0.1, -0.05) is 0 Å². The molecule has 1 fully saturated rings. The zero-order valence-electron chi connectivity index (χ0n) is 15.7. The first kappa shape index (κ1) is 17.2. The monoisotopic (exact) mass is 354 g/mol. The Balaban J connectivity index is 1.57. The fourth-order valence-electron chi connectivity index (χ4n) is 3.89. The van der Waals surface area contributed by atoms with Gasteiger partial charge in [-0.05, 0) is 38.8 Å². The number of aromatic nitrogens is 5. The van der Waals surface area contributed by atoms with E-state index >= 15 is 0 Å². The van der Waals surface area contributed by atoms with Crippen LogP contribution in [0.1, 0.15) is 17.8 Å². The summed E-state index contributed by atoms with van der Waals surface area (Å²) >= 11 is 0. The van der Waals surface area contributed by atoms with E-state index in [1.807, 2.05) is 29.9 Å². The van der Waals surface area contributed by atoms with E-state index in [9.17, 15) is 0 Å². The Labute approximate surface area is 153 Å². The van der Waals surface area contributed by atoms with Gasteiger partial charge in [-0.2, -0.15) is 5.10 Å². The van der Waals surface area contributed by atoms with Crippen molar-refractivity contribution in [2.75, 3.05) is 33.4 Å². The number of aryl methyl sites for hydroxylation is 2. The summed E-state index contributed by atoms with van der Waals surface area (Å²) in [4.78, 5) is 11.8. The maximum Gasteiger partial charge on any atom is 0.166 e. The highest BCUT2D eigenvalue weighted by Gasteiger charge is 2.24. The summed E-state index contributed by atoms with van der Waals surface area (Å²) in [5.41, 5.74) is 3.96. The minimum Gasteiger partial charge on any atom is -0.383 e. The van der Waals surface area contributed by atoms with Crippen molar-refractivity contribution in [1.82, 2.24) is 29.0 Å². The molecule has 0 bridgehead atoms. The Morgan fingerprint density at radius 3 is 3.04 bits per heavy atom. The number of likely N-dealkylation sites (tertiary alicyclic amines) is 1. The lowest BCUT2D eigenvalue weighted by atomic mass is 10.1. The number of hydrogen-bond acceptors (Lipinski definition) is 5. The molecule has 3 aromatic rings. The average Bonchev–Trinajstić information content (AvgIpc) is 3.33. The molecule has 4 rings (SSSR count). The molecule has 0 aliphatic carbocycles. The highest BCUT2D eigenvalue weighted by Crippen LogP contribution is 2.25. The van der Waals surface area contributed by atoms with Gasteiger partial charge in [0.1, 0.15) is 5.82 Å². The van der Waals surface area contributed by atoms with Crippen LogP contribution in [0.5, 0.6) is 0 Å². The Bertz CT molecular complexity index is 899. The van der Waals surface area contributed by atoms with Gasteiger partial charge in [0.15, 0.2) is 5.65 Å². The van der Waals surface area contributed by atoms with Gasteiger partial charge in [-0.3, -0.25) is 0 Å². The van der Waals surface area contributed by atoms with E-state index in [0.717, 1.165) is 61.2 Å². The smallest absolute Gasteiger partial charge is 0.166 e. The minimum absolute atomic E-state index is 0.637. The average molecular weight is 354 g/mol. The normalized spacial score (nSPS) is 18.2. The third kappa shape index (κ3) is 3.24. The van der Waals surface area contributed by atoms with E-state index < -0.39 is 0 Å². The zero-order chi connectivity index (χ0) is 18.1. The molecule has 4 heterocycles. The van der Waals surface area contributed by atoms with Crippen molar-refractivity contribution < 1.29 is 4.74 Å². The molecule has 1 atom stereocenters. The van der Waals surface area contributed by atoms with Crippen LogP contribution in [0.25, 0.3) is 17.0 Å². The second-order valence-corrected chi connectivity index (χ2v) is 7.18. The molecule has 1 saturated heterocycles. The van der Waals surface area contributed by atoms with Crippen LogP contribution < -0.4 is 0 Å². The number of imidazole rings is 1. The van der Waals surface area contributed by atoms with Crippen molar-refractivity contribution in [2.45, 2.75) is 26.8 Å². The quantitative estimate of drug-likeness (QED) is 0.679. The first-order valence-electron chi connectivity index (χ1n) is 9.20. The van der Waals surface area contributed by atoms with Gasteiger partial charge in [0, 0.05) is 50.5 Å². The molecule has 26 heavy (non-hydrogen) atoms. The van der Waals surface area contributed by atoms with E-state index in [-0.39, 0.29) is 0 Å². The second-order valence-electron chi connectivity index (χ2n) is 7.18. The van der Waals surface area contributed by atoms with E-state index in [4.69, 9.17) is 9.72 Å². The lowest BCUT2D eigenvalue weighted by Gasteiger charge is -2.16. The van der Waals surface area contributed by atoms with E-state index in [1.54, 1.807) is 7.11 Å². The third-order valence-corrected chi connectivity index (χ3v) is 5.17. The SMILES string of the molecule is COCCN1CCC(Cn2ccnc2-c2cnn3c(C)cc(C)nc23)C1. The summed E-state index contributed by atoms with van der Waals surface area (Å²) in [6.07, 6.45) is 7.04. The third-order valence-electron chi connectivity index (χ3n) is 5.17. The number of rotatable bonds is 6. The fraction of sp³-hybridized carbons (Fsp3) is 0.526. The van der Waals surface area contributed by atoms with Gasteiger partial charge in [-0.15, -0.1) is 0 Å². The fourth-order valence-corrected chi connectivity index (χ4v) is 3.89. The van der Waals surface area contributed by atoms with Crippen molar-refractivity contribution in [3.8, 4) is 11.4 Å². The second kappa shape index (κ2) is 7.17. The number of fused-ring (bicyclic) bond motifs is 1. The zero-order valence-corrected chi connectivity index (χ0v) is 15.7. The molecule has 1 aliphatic rings. The van der Waals surface area contributed by atoms with Crippen molar-refractivity contribution in [3.63, 3.8) is 0 Å². The first-order chi connectivity index (χ1) is 12.7. The largest absolute Gasteiger partial charge is 0.383 e. The van der Waals surface area contributed by atoms with Gasteiger partial charge in [0.05, 0.1) is 18.4 Å². The van der Waals surface area contributed by atoms with Gasteiger partial charge >= 0.3 is 0 Å². The van der Waals surface area contributed by atoms with Gasteiger partial charge < -0.3 is 14.2 Å². The molecule has 1 aliphatic heterocycles. The molecule has 0 spiro atoms. The van der Waals surface area contributed by atoms with Crippen LogP contribution in [-0.2, 0) is 11.3 Å². The predicted molar refractivity (Wildman–Crippen MR) is 100 cm³/mol. The summed E-state index contributed by atoms with van der Waals surface area (Å²) in [5.74, 6) is 1.59. The maximum absolute atomic E-state index is 5.20. The lowest BCUT2D eigenvalue weighted by Crippen LogP contribution is -2.25. The molecule has 0 aromatic carbocycles. The van der Waals surface area contributed by atoms with Crippen molar-refractivity contribution >= 4 is 5.65 Å². The molecule has 1 unspecified atom stereocenters. The highest BCUT2D eigenvalue weighted by molar-refractivity contribution is 5.72. The molecule has 0 saturated carbocycles. The maximum atomic E-state index is 5.20. The molecular formula is C19H26N6O. The predicted octanol–water partition coefficient (Wildman–Crippen LogP) is 2.18. The summed E-state index contributed by atoms with van der Waals surface area (Å²) in [6, 6.07) is 2.05. The molecule has 0 amide bonds. The summed E-state index contributed by atoms with van der Waals surface area (Å²) in [5, 5.41) is 4.51. The van der Waals surface area contributed by atoms with Gasteiger partial charge in [0.2, 0.25) is 0 Å². The van der Waals surface area contributed by atoms with Gasteiger partial charge in [0.25, 0.3) is 0 Å². The van der Waals surface area contributed by atoms with Crippen molar-refractivity contribution in [3.05, 3.63) is 36.0 Å². The number of hydrogen-bond donors (Lipinski definition) is 0. The van der Waals surface area contributed by atoms with Crippen molar-refractivity contribution in [1.29, 1.82) is 0 Å². The van der Waals surface area contributed by atoms with Crippen LogP contribution in [0.4, 0.5) is 0 Å². The Kier molecular flexibility index (Phi) is 4.74. The van der Waals surface area contributed by atoms with E-state index in [1.165, 1.54) is 6.42 Å². The van der Waals surface area contributed by atoms with Crippen LogP contribution in [0, 0.1) is 19.8 Å². The Morgan fingerprint density at radius 1 is 1.31 bits per heavy atom. The minimum atomic E-state index is 0.637. The van der Waals surface area contributed by atoms with Gasteiger partial charge in [-0.25, -0.2) is 14.5 Å². The molecule has 0 radical (unpaired) electrons.